The topological polar surface area (TPSA) is 61.8 Å². The summed E-state index contributed by atoms with van der Waals surface area (Å²) in [4.78, 5) is 14.4. The molecular formula is C20H30N2O3. The predicted octanol–water partition coefficient (Wildman–Crippen LogP) is 2.33. The van der Waals surface area contributed by atoms with Gasteiger partial charge in [0.1, 0.15) is 12.4 Å². The molecule has 1 aromatic rings. The fourth-order valence-corrected chi connectivity index (χ4v) is 3.55. The molecule has 1 unspecified atom stereocenters. The lowest BCUT2D eigenvalue weighted by Gasteiger charge is -2.32. The molecule has 0 spiro atoms. The van der Waals surface area contributed by atoms with E-state index < -0.39 is 0 Å². The van der Waals surface area contributed by atoms with Gasteiger partial charge in [-0.05, 0) is 62.3 Å². The van der Waals surface area contributed by atoms with Crippen LogP contribution in [0.25, 0.3) is 0 Å². The second-order valence-electron chi connectivity index (χ2n) is 7.34. The molecule has 2 N–H and O–H groups in total. The lowest BCUT2D eigenvalue weighted by atomic mass is 9.93. The van der Waals surface area contributed by atoms with Gasteiger partial charge in [-0.3, -0.25) is 9.69 Å². The van der Waals surface area contributed by atoms with Gasteiger partial charge in [-0.25, -0.2) is 0 Å². The van der Waals surface area contributed by atoms with E-state index in [9.17, 15) is 4.79 Å². The van der Waals surface area contributed by atoms with Crippen LogP contribution in [0.5, 0.6) is 5.75 Å². The summed E-state index contributed by atoms with van der Waals surface area (Å²) in [5.41, 5.74) is 1.24. The minimum Gasteiger partial charge on any atom is -0.491 e. The molecule has 1 atom stereocenters. The van der Waals surface area contributed by atoms with Crippen LogP contribution < -0.4 is 10.1 Å². The van der Waals surface area contributed by atoms with Gasteiger partial charge < -0.3 is 15.2 Å². The normalized spacial score (nSPS) is 21.1. The van der Waals surface area contributed by atoms with E-state index in [2.05, 4.69) is 22.3 Å². The third kappa shape index (κ3) is 6.33. The number of ether oxygens (including phenoxy) is 1. The average Bonchev–Trinajstić information content (AvgIpc) is 3.43. The summed E-state index contributed by atoms with van der Waals surface area (Å²) in [6, 6.07) is 8.58. The van der Waals surface area contributed by atoms with Crippen LogP contribution in [0.3, 0.4) is 0 Å². The maximum Gasteiger partial charge on any atom is 0.220 e. The molecule has 1 amide bonds. The molecular weight excluding hydrogens is 316 g/mol. The third-order valence-electron chi connectivity index (χ3n) is 4.99. The molecule has 1 saturated carbocycles. The van der Waals surface area contributed by atoms with Crippen molar-refractivity contribution >= 4 is 5.91 Å². The van der Waals surface area contributed by atoms with Crippen LogP contribution in [0.1, 0.15) is 44.1 Å². The molecule has 5 nitrogen and oxygen atoms in total. The van der Waals surface area contributed by atoms with Crippen molar-refractivity contribution in [3.05, 3.63) is 29.8 Å². The van der Waals surface area contributed by atoms with Crippen molar-refractivity contribution in [2.75, 3.05) is 26.3 Å². The van der Waals surface area contributed by atoms with Crippen molar-refractivity contribution in [1.82, 2.24) is 10.2 Å². The van der Waals surface area contributed by atoms with E-state index in [4.69, 9.17) is 9.84 Å². The summed E-state index contributed by atoms with van der Waals surface area (Å²) in [6.45, 7) is 3.47. The smallest absolute Gasteiger partial charge is 0.220 e. The van der Waals surface area contributed by atoms with Crippen molar-refractivity contribution in [3.63, 3.8) is 0 Å². The Bertz CT molecular complexity index is 560. The van der Waals surface area contributed by atoms with Gasteiger partial charge in [-0.2, -0.15) is 0 Å². The molecule has 5 heteroatoms. The third-order valence-corrected chi connectivity index (χ3v) is 4.99. The Morgan fingerprint density at radius 3 is 3.00 bits per heavy atom. The number of likely N-dealkylation sites (tertiary alicyclic amines) is 1. The van der Waals surface area contributed by atoms with Crippen molar-refractivity contribution in [2.45, 2.75) is 51.1 Å². The van der Waals surface area contributed by atoms with E-state index in [1.807, 2.05) is 12.1 Å². The zero-order valence-corrected chi connectivity index (χ0v) is 15.0. The highest BCUT2D eigenvalue weighted by molar-refractivity contribution is 5.76. The van der Waals surface area contributed by atoms with E-state index in [-0.39, 0.29) is 12.5 Å². The largest absolute Gasteiger partial charge is 0.491 e. The molecule has 0 aromatic heterocycles. The van der Waals surface area contributed by atoms with E-state index in [1.54, 1.807) is 0 Å². The average molecular weight is 346 g/mol. The molecule has 0 bridgehead atoms. The number of nitrogens with zero attached hydrogens (tertiary/aromatic N) is 1. The van der Waals surface area contributed by atoms with Crippen LogP contribution in [-0.2, 0) is 11.3 Å². The van der Waals surface area contributed by atoms with E-state index in [1.165, 1.54) is 18.4 Å². The lowest BCUT2D eigenvalue weighted by molar-refractivity contribution is -0.121. The first-order valence-corrected chi connectivity index (χ1v) is 9.57. The predicted molar refractivity (Wildman–Crippen MR) is 97.4 cm³/mol. The second-order valence-corrected chi connectivity index (χ2v) is 7.34. The fraction of sp³-hybridized carbons (Fsp3) is 0.650. The molecule has 138 valence electrons. The Morgan fingerprint density at radius 1 is 1.32 bits per heavy atom. The molecule has 25 heavy (non-hydrogen) atoms. The van der Waals surface area contributed by atoms with Crippen LogP contribution in [0, 0.1) is 5.92 Å². The molecule has 1 heterocycles. The first-order chi connectivity index (χ1) is 12.2. The first kappa shape index (κ1) is 18.2. The summed E-state index contributed by atoms with van der Waals surface area (Å²) < 4.78 is 5.49. The zero-order chi connectivity index (χ0) is 17.5. The number of aliphatic hydroxyl groups is 1. The number of rotatable bonds is 9. The SMILES string of the molecule is O=C(CCC1CCCN(Cc2cccc(OCCO)c2)C1)NC1CC1. The monoisotopic (exact) mass is 346 g/mol. The van der Waals surface area contributed by atoms with Crippen molar-refractivity contribution in [1.29, 1.82) is 0 Å². The highest BCUT2D eigenvalue weighted by Gasteiger charge is 2.24. The van der Waals surface area contributed by atoms with Gasteiger partial charge in [0.05, 0.1) is 6.61 Å². The van der Waals surface area contributed by atoms with E-state index in [0.29, 0.717) is 25.0 Å². The van der Waals surface area contributed by atoms with Gasteiger partial charge in [-0.1, -0.05) is 12.1 Å². The van der Waals surface area contributed by atoms with Gasteiger partial charge in [-0.15, -0.1) is 0 Å². The number of amides is 1. The van der Waals surface area contributed by atoms with Gasteiger partial charge in [0.25, 0.3) is 0 Å². The maximum atomic E-state index is 11.9. The van der Waals surface area contributed by atoms with Crippen LogP contribution >= 0.6 is 0 Å². The zero-order valence-electron chi connectivity index (χ0n) is 15.0. The summed E-state index contributed by atoms with van der Waals surface area (Å²) in [6.07, 6.45) is 6.41. The summed E-state index contributed by atoms with van der Waals surface area (Å²) >= 11 is 0. The highest BCUT2D eigenvalue weighted by Crippen LogP contribution is 2.24. The number of carbonyl (C=O) groups is 1. The van der Waals surface area contributed by atoms with Crippen LogP contribution in [0.4, 0.5) is 0 Å². The molecule has 2 fully saturated rings. The van der Waals surface area contributed by atoms with Crippen LogP contribution in [-0.4, -0.2) is 48.3 Å². The van der Waals surface area contributed by atoms with E-state index in [0.717, 1.165) is 44.6 Å². The fourth-order valence-electron chi connectivity index (χ4n) is 3.55. The van der Waals surface area contributed by atoms with Crippen LogP contribution in [0.15, 0.2) is 24.3 Å². The summed E-state index contributed by atoms with van der Waals surface area (Å²) in [5, 5.41) is 11.9. The number of hydrogen-bond acceptors (Lipinski definition) is 4. The van der Waals surface area contributed by atoms with Crippen molar-refractivity contribution in [3.8, 4) is 5.75 Å². The first-order valence-electron chi connectivity index (χ1n) is 9.57. The molecule has 1 saturated heterocycles. The number of carbonyl (C=O) groups excluding carboxylic acids is 1. The standard InChI is InChI=1S/C20H30N2O3/c23-11-12-25-19-5-1-3-17(13-19)15-22-10-2-4-16(14-22)6-9-20(24)21-18-7-8-18/h1,3,5,13,16,18,23H,2,4,6-12,14-15H2,(H,21,24). The Labute approximate surface area is 150 Å². The molecule has 1 aliphatic carbocycles. The van der Waals surface area contributed by atoms with Gasteiger partial charge in [0.2, 0.25) is 5.91 Å². The van der Waals surface area contributed by atoms with Gasteiger partial charge in [0, 0.05) is 25.6 Å². The number of benzene rings is 1. The Kier molecular flexibility index (Phi) is 6.70. The lowest BCUT2D eigenvalue weighted by Crippen LogP contribution is -2.35. The number of aliphatic hydroxyl groups excluding tert-OH is 1. The number of nitrogens with one attached hydrogen (secondary N) is 1. The Balaban J connectivity index is 1.43. The quantitative estimate of drug-likeness (QED) is 0.720. The molecule has 1 aliphatic heterocycles. The molecule has 3 rings (SSSR count). The number of piperidine rings is 1. The van der Waals surface area contributed by atoms with Gasteiger partial charge in [0.15, 0.2) is 0 Å². The van der Waals surface area contributed by atoms with Crippen molar-refractivity contribution < 1.29 is 14.6 Å². The Hall–Kier alpha value is -1.59. The second kappa shape index (κ2) is 9.20. The Morgan fingerprint density at radius 2 is 2.20 bits per heavy atom. The molecule has 0 radical (unpaired) electrons. The minimum absolute atomic E-state index is 0.0341. The van der Waals surface area contributed by atoms with Crippen LogP contribution in [0.2, 0.25) is 0 Å². The van der Waals surface area contributed by atoms with Crippen molar-refractivity contribution in [2.24, 2.45) is 5.92 Å². The molecule has 2 aliphatic rings. The number of hydrogen-bond donors (Lipinski definition) is 2. The maximum absolute atomic E-state index is 11.9. The summed E-state index contributed by atoms with van der Waals surface area (Å²) in [7, 11) is 0. The molecule has 1 aromatic carbocycles. The minimum atomic E-state index is 0.0341. The summed E-state index contributed by atoms with van der Waals surface area (Å²) in [5.74, 6) is 1.66. The highest BCUT2D eigenvalue weighted by atomic mass is 16.5. The van der Waals surface area contributed by atoms with Gasteiger partial charge >= 0.3 is 0 Å². The van der Waals surface area contributed by atoms with E-state index >= 15 is 0 Å².